The van der Waals surface area contributed by atoms with E-state index >= 15 is 0 Å². The fraction of sp³-hybridized carbons (Fsp3) is 0.278. The van der Waals surface area contributed by atoms with Crippen LogP contribution in [-0.2, 0) is 11.3 Å². The summed E-state index contributed by atoms with van der Waals surface area (Å²) in [5, 5.41) is 0. The highest BCUT2D eigenvalue weighted by atomic mass is 79.9. The Morgan fingerprint density at radius 3 is 2.65 bits per heavy atom. The highest BCUT2D eigenvalue weighted by Crippen LogP contribution is 2.39. The van der Waals surface area contributed by atoms with Crippen molar-refractivity contribution in [2.75, 3.05) is 4.90 Å². The van der Waals surface area contributed by atoms with E-state index < -0.39 is 5.60 Å². The summed E-state index contributed by atoms with van der Waals surface area (Å²) in [4.78, 5) is 14.4. The fourth-order valence-electron chi connectivity index (χ4n) is 2.65. The fourth-order valence-corrected chi connectivity index (χ4v) is 2.99. The van der Waals surface area contributed by atoms with Gasteiger partial charge in [-0.15, -0.1) is 0 Å². The van der Waals surface area contributed by atoms with Gasteiger partial charge in [0.25, 0.3) is 5.91 Å². The molecule has 120 valence electrons. The van der Waals surface area contributed by atoms with Crippen molar-refractivity contribution in [3.8, 4) is 5.75 Å². The van der Waals surface area contributed by atoms with E-state index in [1.165, 1.54) is 6.07 Å². The Labute approximate surface area is 143 Å². The first-order valence-electron chi connectivity index (χ1n) is 7.33. The van der Waals surface area contributed by atoms with Gasteiger partial charge < -0.3 is 9.64 Å². The van der Waals surface area contributed by atoms with E-state index in [9.17, 15) is 9.18 Å². The molecule has 0 aromatic heterocycles. The molecule has 1 aliphatic heterocycles. The molecule has 0 unspecified atom stereocenters. The van der Waals surface area contributed by atoms with Crippen LogP contribution in [0.2, 0.25) is 0 Å². The van der Waals surface area contributed by atoms with E-state index in [2.05, 4.69) is 15.9 Å². The third kappa shape index (κ3) is 2.98. The summed E-state index contributed by atoms with van der Waals surface area (Å²) in [6.07, 6.45) is 0. The minimum absolute atomic E-state index is 0.168. The number of hydrogen-bond donors (Lipinski definition) is 0. The smallest absolute Gasteiger partial charge is 0.271 e. The lowest BCUT2D eigenvalue weighted by Gasteiger charge is -2.39. The number of ether oxygens (including phenoxy) is 1. The van der Waals surface area contributed by atoms with E-state index in [0.717, 1.165) is 5.56 Å². The molecule has 0 spiro atoms. The van der Waals surface area contributed by atoms with Gasteiger partial charge in [-0.25, -0.2) is 4.39 Å². The molecular weight excluding hydrogens is 361 g/mol. The van der Waals surface area contributed by atoms with Crippen molar-refractivity contribution in [3.63, 3.8) is 0 Å². The van der Waals surface area contributed by atoms with Crippen molar-refractivity contribution >= 4 is 27.5 Å². The summed E-state index contributed by atoms with van der Waals surface area (Å²) < 4.78 is 20.7. The second kappa shape index (κ2) is 5.64. The van der Waals surface area contributed by atoms with E-state index in [1.807, 2.05) is 25.1 Å². The molecule has 0 saturated carbocycles. The quantitative estimate of drug-likeness (QED) is 0.765. The summed E-state index contributed by atoms with van der Waals surface area (Å²) in [6.45, 7) is 5.57. The summed E-state index contributed by atoms with van der Waals surface area (Å²) in [6, 6.07) is 10.5. The second-order valence-corrected chi connectivity index (χ2v) is 7.13. The lowest BCUT2D eigenvalue weighted by Crippen LogP contribution is -2.52. The largest absolute Gasteiger partial charge is 0.476 e. The number of aryl methyl sites for hydroxylation is 1. The van der Waals surface area contributed by atoms with Gasteiger partial charge in [-0.2, -0.15) is 0 Å². The highest BCUT2D eigenvalue weighted by Gasteiger charge is 2.41. The van der Waals surface area contributed by atoms with Crippen LogP contribution in [-0.4, -0.2) is 11.5 Å². The molecule has 0 saturated heterocycles. The van der Waals surface area contributed by atoms with Crippen molar-refractivity contribution in [2.45, 2.75) is 32.9 Å². The molecule has 2 aromatic carbocycles. The first-order chi connectivity index (χ1) is 10.8. The van der Waals surface area contributed by atoms with Crippen LogP contribution in [0.5, 0.6) is 5.75 Å². The average Bonchev–Trinajstić information content (AvgIpc) is 2.47. The van der Waals surface area contributed by atoms with Crippen LogP contribution in [0.15, 0.2) is 40.9 Å². The molecule has 0 bridgehead atoms. The molecule has 0 N–H and O–H groups in total. The minimum atomic E-state index is -0.978. The molecule has 2 aromatic rings. The number of amides is 1. The monoisotopic (exact) mass is 377 g/mol. The Morgan fingerprint density at radius 2 is 1.96 bits per heavy atom. The van der Waals surface area contributed by atoms with Gasteiger partial charge >= 0.3 is 0 Å². The average molecular weight is 378 g/mol. The number of carbonyl (C=O) groups excluding carboxylic acids is 1. The molecule has 1 aliphatic rings. The zero-order valence-corrected chi connectivity index (χ0v) is 14.8. The third-order valence-corrected chi connectivity index (χ3v) is 4.37. The lowest BCUT2D eigenvalue weighted by molar-refractivity contribution is -0.132. The maximum absolute atomic E-state index is 14.2. The maximum Gasteiger partial charge on any atom is 0.271 e. The molecular formula is C18H17BrFNO2. The van der Waals surface area contributed by atoms with Gasteiger partial charge in [0.15, 0.2) is 5.60 Å². The van der Waals surface area contributed by atoms with E-state index in [1.54, 1.807) is 30.9 Å². The first-order valence-corrected chi connectivity index (χ1v) is 8.13. The predicted molar refractivity (Wildman–Crippen MR) is 91.2 cm³/mol. The zero-order valence-electron chi connectivity index (χ0n) is 13.2. The van der Waals surface area contributed by atoms with Crippen LogP contribution in [0.4, 0.5) is 10.1 Å². The Kier molecular flexibility index (Phi) is 3.92. The number of halogens is 2. The minimum Gasteiger partial charge on any atom is -0.476 e. The Balaban J connectivity index is 2.06. The highest BCUT2D eigenvalue weighted by molar-refractivity contribution is 9.10. The van der Waals surface area contributed by atoms with Gasteiger partial charge in [0.05, 0.1) is 12.2 Å². The normalized spacial score (nSPS) is 16.0. The maximum atomic E-state index is 14.2. The zero-order chi connectivity index (χ0) is 16.8. The molecule has 23 heavy (non-hydrogen) atoms. The summed E-state index contributed by atoms with van der Waals surface area (Å²) in [5.41, 5.74) is 1.18. The van der Waals surface area contributed by atoms with Crippen molar-refractivity contribution in [1.82, 2.24) is 0 Å². The van der Waals surface area contributed by atoms with E-state index in [-0.39, 0.29) is 18.3 Å². The van der Waals surface area contributed by atoms with Crippen molar-refractivity contribution in [3.05, 3.63) is 57.8 Å². The van der Waals surface area contributed by atoms with Gasteiger partial charge in [0.1, 0.15) is 11.6 Å². The van der Waals surface area contributed by atoms with Gasteiger partial charge in [-0.1, -0.05) is 28.1 Å². The van der Waals surface area contributed by atoms with E-state index in [0.29, 0.717) is 21.5 Å². The Morgan fingerprint density at radius 1 is 1.22 bits per heavy atom. The van der Waals surface area contributed by atoms with Gasteiger partial charge in [-0.3, -0.25) is 4.79 Å². The number of rotatable bonds is 2. The molecule has 0 fully saturated rings. The molecule has 0 aliphatic carbocycles. The third-order valence-electron chi connectivity index (χ3n) is 3.87. The molecule has 0 radical (unpaired) electrons. The van der Waals surface area contributed by atoms with Crippen LogP contribution in [0, 0.1) is 12.7 Å². The topological polar surface area (TPSA) is 29.5 Å². The molecule has 3 rings (SSSR count). The van der Waals surface area contributed by atoms with Crippen LogP contribution < -0.4 is 9.64 Å². The van der Waals surface area contributed by atoms with Crippen molar-refractivity contribution < 1.29 is 13.9 Å². The van der Waals surface area contributed by atoms with Crippen molar-refractivity contribution in [2.24, 2.45) is 0 Å². The number of nitrogens with zero attached hydrogens (tertiary/aromatic N) is 1. The second-order valence-electron chi connectivity index (χ2n) is 6.21. The first kappa shape index (κ1) is 16.0. The molecule has 1 amide bonds. The van der Waals surface area contributed by atoms with Crippen LogP contribution in [0.25, 0.3) is 0 Å². The molecule has 1 heterocycles. The van der Waals surface area contributed by atoms with Crippen LogP contribution in [0.3, 0.4) is 0 Å². The standard InChI is InChI=1S/C18H17BrFNO2/c1-11-4-7-16-15(8-11)21(17(22)18(2,3)23-16)10-12-5-6-13(19)9-14(12)20/h4-9H,10H2,1-3H3. The molecule has 0 atom stereocenters. The number of hydrogen-bond acceptors (Lipinski definition) is 2. The Bertz CT molecular complexity index is 789. The van der Waals surface area contributed by atoms with Gasteiger partial charge in [0.2, 0.25) is 0 Å². The van der Waals surface area contributed by atoms with Gasteiger partial charge in [-0.05, 0) is 50.6 Å². The summed E-state index contributed by atoms with van der Waals surface area (Å²) >= 11 is 3.25. The molecule has 3 nitrogen and oxygen atoms in total. The summed E-state index contributed by atoms with van der Waals surface area (Å²) in [7, 11) is 0. The van der Waals surface area contributed by atoms with Crippen LogP contribution >= 0.6 is 15.9 Å². The van der Waals surface area contributed by atoms with Gasteiger partial charge in [0, 0.05) is 10.0 Å². The number of benzene rings is 2. The molecule has 5 heteroatoms. The number of fused-ring (bicyclic) bond motifs is 1. The van der Waals surface area contributed by atoms with Crippen LogP contribution in [0.1, 0.15) is 25.0 Å². The number of anilines is 1. The predicted octanol–water partition coefficient (Wildman–Crippen LogP) is 4.60. The lowest BCUT2D eigenvalue weighted by atomic mass is 10.0. The summed E-state index contributed by atoms with van der Waals surface area (Å²) in [5.74, 6) is 0.112. The van der Waals surface area contributed by atoms with E-state index in [4.69, 9.17) is 4.74 Å². The van der Waals surface area contributed by atoms with Crippen molar-refractivity contribution in [1.29, 1.82) is 0 Å². The number of carbonyl (C=O) groups is 1. The SMILES string of the molecule is Cc1ccc2c(c1)N(Cc1ccc(Br)cc1F)C(=O)C(C)(C)O2. The Hall–Kier alpha value is -1.88.